The lowest BCUT2D eigenvalue weighted by molar-refractivity contribution is -0.129. The number of carbonyl (C=O) groups excluding carboxylic acids is 2. The fraction of sp³-hybridized carbons (Fsp3) is 0.148. The van der Waals surface area contributed by atoms with E-state index in [1.165, 1.54) is 0 Å². The molecule has 2 N–H and O–H groups in total. The summed E-state index contributed by atoms with van der Waals surface area (Å²) in [5.41, 5.74) is 10.2. The van der Waals surface area contributed by atoms with Gasteiger partial charge >= 0.3 is 0 Å². The van der Waals surface area contributed by atoms with Gasteiger partial charge in [0, 0.05) is 16.8 Å². The highest BCUT2D eigenvalue weighted by Gasteiger charge is 2.16. The summed E-state index contributed by atoms with van der Waals surface area (Å²) in [5.74, 6) is -0.198. The molecule has 172 valence electrons. The maximum atomic E-state index is 12.5. The maximum Gasteiger partial charge on any atom is 0.276 e. The fourth-order valence-corrected chi connectivity index (χ4v) is 3.72. The van der Waals surface area contributed by atoms with Crippen molar-refractivity contribution in [3.63, 3.8) is 0 Å². The number of benzene rings is 3. The molecule has 34 heavy (non-hydrogen) atoms. The van der Waals surface area contributed by atoms with Crippen LogP contribution < -0.4 is 15.6 Å². The van der Waals surface area contributed by atoms with Crippen molar-refractivity contribution >= 4 is 11.8 Å². The highest BCUT2D eigenvalue weighted by Crippen LogP contribution is 2.29. The van der Waals surface area contributed by atoms with Crippen LogP contribution in [-0.4, -0.2) is 28.2 Å². The Morgan fingerprint density at radius 3 is 2.18 bits per heavy atom. The quantitative estimate of drug-likeness (QED) is 0.415. The van der Waals surface area contributed by atoms with Crippen LogP contribution in [0.3, 0.4) is 0 Å². The number of hydrogen-bond acceptors (Lipinski definition) is 4. The summed E-state index contributed by atoms with van der Waals surface area (Å²) in [4.78, 5) is 24.8. The fourth-order valence-electron chi connectivity index (χ4n) is 3.72. The van der Waals surface area contributed by atoms with E-state index >= 15 is 0 Å². The number of aromatic nitrogens is 2. The van der Waals surface area contributed by atoms with E-state index in [9.17, 15) is 9.59 Å². The molecule has 0 spiro atoms. The van der Waals surface area contributed by atoms with Gasteiger partial charge in [-0.2, -0.15) is 5.10 Å². The van der Waals surface area contributed by atoms with Crippen LogP contribution in [0.4, 0.5) is 0 Å². The van der Waals surface area contributed by atoms with Gasteiger partial charge in [-0.1, -0.05) is 66.7 Å². The van der Waals surface area contributed by atoms with Crippen LogP contribution >= 0.6 is 0 Å². The van der Waals surface area contributed by atoms with Crippen molar-refractivity contribution in [2.24, 2.45) is 0 Å². The molecule has 0 aliphatic rings. The molecule has 4 aromatic rings. The van der Waals surface area contributed by atoms with E-state index in [0.717, 1.165) is 33.8 Å². The molecule has 2 amide bonds. The number of para-hydroxylation sites is 2. The van der Waals surface area contributed by atoms with Crippen LogP contribution in [-0.2, 0) is 16.0 Å². The molecule has 7 heteroatoms. The number of amides is 2. The average Bonchev–Trinajstić information content (AvgIpc) is 3.15. The Hall–Kier alpha value is -4.39. The van der Waals surface area contributed by atoms with Gasteiger partial charge in [0.05, 0.1) is 17.8 Å². The summed E-state index contributed by atoms with van der Waals surface area (Å²) in [6, 6.07) is 27.0. The molecule has 0 atom stereocenters. The molecule has 7 nitrogen and oxygen atoms in total. The largest absolute Gasteiger partial charge is 0.483 e. The van der Waals surface area contributed by atoms with Crippen LogP contribution in [0.15, 0.2) is 84.9 Å². The Morgan fingerprint density at radius 1 is 0.824 bits per heavy atom. The van der Waals surface area contributed by atoms with Crippen molar-refractivity contribution < 1.29 is 14.3 Å². The smallest absolute Gasteiger partial charge is 0.276 e. The lowest BCUT2D eigenvalue weighted by atomic mass is 10.1. The topological polar surface area (TPSA) is 85.3 Å². The van der Waals surface area contributed by atoms with Gasteiger partial charge in [0.2, 0.25) is 5.91 Å². The monoisotopic (exact) mass is 454 g/mol. The van der Waals surface area contributed by atoms with Crippen LogP contribution in [0.25, 0.3) is 16.8 Å². The second-order valence-electron chi connectivity index (χ2n) is 7.82. The predicted molar refractivity (Wildman–Crippen MR) is 130 cm³/mol. The van der Waals surface area contributed by atoms with E-state index in [2.05, 4.69) is 16.0 Å². The normalized spacial score (nSPS) is 10.5. The van der Waals surface area contributed by atoms with Crippen molar-refractivity contribution in [2.75, 3.05) is 6.61 Å². The number of aryl methyl sites for hydroxylation is 1. The summed E-state index contributed by atoms with van der Waals surface area (Å²) in [6.07, 6.45) is 0.0997. The number of hydrazine groups is 1. The van der Waals surface area contributed by atoms with E-state index in [1.54, 1.807) is 0 Å². The molecule has 0 radical (unpaired) electrons. The Morgan fingerprint density at radius 2 is 1.44 bits per heavy atom. The van der Waals surface area contributed by atoms with E-state index in [0.29, 0.717) is 5.75 Å². The lowest BCUT2D eigenvalue weighted by Crippen LogP contribution is -2.44. The molecular weight excluding hydrogens is 428 g/mol. The van der Waals surface area contributed by atoms with Crippen LogP contribution in [0.1, 0.15) is 17.0 Å². The first kappa shape index (κ1) is 22.8. The first-order valence-electron chi connectivity index (χ1n) is 11.0. The van der Waals surface area contributed by atoms with Gasteiger partial charge in [0.1, 0.15) is 5.75 Å². The number of ether oxygens (including phenoxy) is 1. The number of rotatable bonds is 7. The third kappa shape index (κ3) is 5.32. The van der Waals surface area contributed by atoms with Crippen molar-refractivity contribution in [3.8, 4) is 22.6 Å². The number of carbonyl (C=O) groups is 2. The molecule has 0 fully saturated rings. The van der Waals surface area contributed by atoms with Crippen molar-refractivity contribution in [2.45, 2.75) is 20.3 Å². The standard InChI is InChI=1S/C27H26N4O3/c1-19-24(20(2)31(30-19)22-13-7-4-8-14-22)17-26(32)28-29-27(33)18-34-25-16-10-9-15-23(25)21-11-5-3-6-12-21/h3-16H,17-18H2,1-2H3,(H,28,32)(H,29,33). The Bertz CT molecular complexity index is 1280. The minimum Gasteiger partial charge on any atom is -0.483 e. The molecular formula is C27H26N4O3. The van der Waals surface area contributed by atoms with E-state index in [1.807, 2.05) is 103 Å². The summed E-state index contributed by atoms with van der Waals surface area (Å²) >= 11 is 0. The van der Waals surface area contributed by atoms with E-state index in [4.69, 9.17) is 4.74 Å². The minimum absolute atomic E-state index is 0.0997. The van der Waals surface area contributed by atoms with Crippen molar-refractivity contribution in [1.29, 1.82) is 0 Å². The number of hydrogen-bond donors (Lipinski definition) is 2. The van der Waals surface area contributed by atoms with E-state index < -0.39 is 5.91 Å². The second-order valence-corrected chi connectivity index (χ2v) is 7.82. The highest BCUT2D eigenvalue weighted by molar-refractivity contribution is 5.84. The summed E-state index contributed by atoms with van der Waals surface area (Å²) < 4.78 is 7.53. The van der Waals surface area contributed by atoms with Crippen molar-refractivity contribution in [1.82, 2.24) is 20.6 Å². The lowest BCUT2D eigenvalue weighted by Gasteiger charge is -2.12. The highest BCUT2D eigenvalue weighted by atomic mass is 16.5. The van der Waals surface area contributed by atoms with Crippen LogP contribution in [0, 0.1) is 13.8 Å². The molecule has 3 aromatic carbocycles. The first-order chi connectivity index (χ1) is 16.5. The van der Waals surface area contributed by atoms with Gasteiger partial charge in [-0.15, -0.1) is 0 Å². The van der Waals surface area contributed by atoms with E-state index in [-0.39, 0.29) is 18.9 Å². The van der Waals surface area contributed by atoms with Crippen LogP contribution in [0.2, 0.25) is 0 Å². The van der Waals surface area contributed by atoms with Gasteiger partial charge in [-0.25, -0.2) is 4.68 Å². The predicted octanol–water partition coefficient (Wildman–Crippen LogP) is 3.93. The molecule has 0 unspecified atom stereocenters. The Labute approximate surface area is 198 Å². The molecule has 1 aromatic heterocycles. The zero-order valence-electron chi connectivity index (χ0n) is 19.1. The zero-order valence-corrected chi connectivity index (χ0v) is 19.1. The van der Waals surface area contributed by atoms with Gasteiger partial charge < -0.3 is 4.74 Å². The van der Waals surface area contributed by atoms with Gasteiger partial charge in [0.25, 0.3) is 5.91 Å². The first-order valence-corrected chi connectivity index (χ1v) is 11.0. The van der Waals surface area contributed by atoms with Gasteiger partial charge in [0.15, 0.2) is 6.61 Å². The number of nitrogens with zero attached hydrogens (tertiary/aromatic N) is 2. The van der Waals surface area contributed by atoms with Crippen molar-refractivity contribution in [3.05, 3.63) is 102 Å². The molecule has 0 aliphatic carbocycles. The Kier molecular flexibility index (Phi) is 7.03. The zero-order chi connectivity index (χ0) is 23.9. The number of nitrogens with one attached hydrogen (secondary N) is 2. The minimum atomic E-state index is -0.454. The summed E-state index contributed by atoms with van der Waals surface area (Å²) in [6.45, 7) is 3.56. The van der Waals surface area contributed by atoms with Crippen LogP contribution in [0.5, 0.6) is 5.75 Å². The second kappa shape index (κ2) is 10.5. The molecule has 0 aliphatic heterocycles. The molecule has 0 saturated carbocycles. The molecule has 0 bridgehead atoms. The SMILES string of the molecule is Cc1nn(-c2ccccc2)c(C)c1CC(=O)NNC(=O)COc1ccccc1-c1ccccc1. The third-order valence-corrected chi connectivity index (χ3v) is 5.45. The summed E-state index contributed by atoms with van der Waals surface area (Å²) in [7, 11) is 0. The van der Waals surface area contributed by atoms with Gasteiger partial charge in [-0.3, -0.25) is 20.4 Å². The molecule has 4 rings (SSSR count). The molecule has 0 saturated heterocycles. The average molecular weight is 455 g/mol. The third-order valence-electron chi connectivity index (χ3n) is 5.45. The van der Waals surface area contributed by atoms with Gasteiger partial charge in [-0.05, 0) is 37.6 Å². The Balaban J connectivity index is 1.32. The maximum absolute atomic E-state index is 12.5. The summed E-state index contributed by atoms with van der Waals surface area (Å²) in [5, 5.41) is 4.55. The molecule has 1 heterocycles.